The molecule has 2 heterocycles. The van der Waals surface area contributed by atoms with Crippen molar-refractivity contribution in [3.05, 3.63) is 62.5 Å². The molecule has 3 aromatic rings. The number of carbonyl (C=O) groups is 1. The van der Waals surface area contributed by atoms with E-state index in [-0.39, 0.29) is 23.2 Å². The fraction of sp³-hybridized carbons (Fsp3) is 0.286. The molecule has 8 heteroatoms. The molecule has 0 bridgehead atoms. The third-order valence-electron chi connectivity index (χ3n) is 4.86. The number of aromatic nitrogens is 2. The Labute approximate surface area is 175 Å². The lowest BCUT2D eigenvalue weighted by Gasteiger charge is -2.22. The molecule has 1 amide bonds. The van der Waals surface area contributed by atoms with E-state index in [0.717, 1.165) is 10.0 Å². The van der Waals surface area contributed by atoms with Crippen LogP contribution in [0.1, 0.15) is 35.9 Å². The Morgan fingerprint density at radius 1 is 1.21 bits per heavy atom. The summed E-state index contributed by atoms with van der Waals surface area (Å²) in [6, 6.07) is 10.4. The molecular weight excluding hydrogens is 438 g/mol. The Morgan fingerprint density at radius 3 is 2.55 bits per heavy atom. The maximum atomic E-state index is 13.1. The van der Waals surface area contributed by atoms with Gasteiger partial charge in [-0.3, -0.25) is 9.59 Å². The van der Waals surface area contributed by atoms with Gasteiger partial charge in [0.2, 0.25) is 0 Å². The summed E-state index contributed by atoms with van der Waals surface area (Å²) in [5.41, 5.74) is 0.876. The zero-order chi connectivity index (χ0) is 20.5. The van der Waals surface area contributed by atoms with Crippen LogP contribution in [0.5, 0.6) is 11.5 Å². The van der Waals surface area contributed by atoms with E-state index in [1.807, 2.05) is 26.0 Å². The van der Waals surface area contributed by atoms with Crippen molar-refractivity contribution in [3.8, 4) is 11.5 Å². The number of halogens is 1. The molecule has 0 radical (unpaired) electrons. The van der Waals surface area contributed by atoms with Gasteiger partial charge in [0, 0.05) is 16.4 Å². The molecule has 0 saturated carbocycles. The normalized spacial score (nSPS) is 13.9. The highest BCUT2D eigenvalue weighted by Gasteiger charge is 2.22. The molecule has 1 atom stereocenters. The summed E-state index contributed by atoms with van der Waals surface area (Å²) in [7, 11) is 0. The predicted octanol–water partition coefficient (Wildman–Crippen LogP) is 3.44. The third kappa shape index (κ3) is 3.60. The van der Waals surface area contributed by atoms with E-state index in [2.05, 4.69) is 26.3 Å². The van der Waals surface area contributed by atoms with E-state index < -0.39 is 0 Å². The van der Waals surface area contributed by atoms with E-state index in [1.54, 1.807) is 24.3 Å². The van der Waals surface area contributed by atoms with Crippen molar-refractivity contribution in [2.75, 3.05) is 13.2 Å². The summed E-state index contributed by atoms with van der Waals surface area (Å²) in [6.07, 6.45) is 0. The average Bonchev–Trinajstić information content (AvgIpc) is 2.73. The van der Waals surface area contributed by atoms with Crippen molar-refractivity contribution in [2.24, 2.45) is 0 Å². The van der Waals surface area contributed by atoms with Gasteiger partial charge in [-0.05, 0) is 37.6 Å². The number of fused-ring (bicyclic) bond motifs is 2. The molecule has 4 rings (SSSR count). The molecule has 0 spiro atoms. The molecule has 150 valence electrons. The summed E-state index contributed by atoms with van der Waals surface area (Å²) >= 11 is 3.55. The van der Waals surface area contributed by atoms with Crippen molar-refractivity contribution in [1.29, 1.82) is 0 Å². The van der Waals surface area contributed by atoms with Crippen molar-refractivity contribution in [3.63, 3.8) is 0 Å². The quantitative estimate of drug-likeness (QED) is 0.648. The second kappa shape index (κ2) is 7.87. The molecule has 1 N–H and O–H groups in total. The largest absolute Gasteiger partial charge is 0.486 e. The van der Waals surface area contributed by atoms with Gasteiger partial charge >= 0.3 is 0 Å². The second-order valence-corrected chi connectivity index (χ2v) is 7.58. The number of ether oxygens (including phenoxy) is 2. The topological polar surface area (TPSA) is 82.5 Å². The van der Waals surface area contributed by atoms with Crippen LogP contribution in [-0.2, 0) is 6.54 Å². The van der Waals surface area contributed by atoms with Crippen LogP contribution in [0.4, 0.5) is 0 Å². The number of rotatable bonds is 4. The number of amides is 1. The minimum Gasteiger partial charge on any atom is -0.486 e. The van der Waals surface area contributed by atoms with Gasteiger partial charge in [0.05, 0.1) is 11.4 Å². The number of hydrogen-bond donors (Lipinski definition) is 1. The molecule has 1 unspecified atom stereocenters. The van der Waals surface area contributed by atoms with E-state index in [1.165, 1.54) is 4.68 Å². The Bertz CT molecular complexity index is 1160. The minimum atomic E-state index is -0.349. The molecule has 0 fully saturated rings. The fourth-order valence-corrected chi connectivity index (χ4v) is 4.04. The molecule has 2 aromatic carbocycles. The first-order valence-electron chi connectivity index (χ1n) is 9.39. The fourth-order valence-electron chi connectivity index (χ4n) is 3.37. The number of hydrogen-bond acceptors (Lipinski definition) is 5. The van der Waals surface area contributed by atoms with Crippen LogP contribution in [0.3, 0.4) is 0 Å². The summed E-state index contributed by atoms with van der Waals surface area (Å²) in [5.74, 6) is 0.976. The first-order valence-corrected chi connectivity index (χ1v) is 10.2. The highest BCUT2D eigenvalue weighted by molar-refractivity contribution is 9.10. The molecule has 0 aliphatic carbocycles. The van der Waals surface area contributed by atoms with Gasteiger partial charge < -0.3 is 14.8 Å². The molecular formula is C21H20BrN3O4. The SMILES string of the molecule is CCn1nc(C(=O)NC(C)c2cc3c(cc2Br)OCCO3)c2ccccc2c1=O. The zero-order valence-corrected chi connectivity index (χ0v) is 17.7. The highest BCUT2D eigenvalue weighted by Crippen LogP contribution is 2.37. The Kier molecular flexibility index (Phi) is 5.27. The first-order chi connectivity index (χ1) is 14.0. The summed E-state index contributed by atoms with van der Waals surface area (Å²) < 4.78 is 13.4. The number of aryl methyl sites for hydroxylation is 1. The van der Waals surface area contributed by atoms with Gasteiger partial charge in [-0.15, -0.1) is 0 Å². The summed E-state index contributed by atoms with van der Waals surface area (Å²) in [5, 5.41) is 8.28. The van der Waals surface area contributed by atoms with Crippen LogP contribution in [-0.4, -0.2) is 28.9 Å². The van der Waals surface area contributed by atoms with Crippen LogP contribution in [0, 0.1) is 0 Å². The van der Waals surface area contributed by atoms with Crippen molar-refractivity contribution >= 4 is 32.6 Å². The zero-order valence-electron chi connectivity index (χ0n) is 16.1. The Hall–Kier alpha value is -2.87. The van der Waals surface area contributed by atoms with Crippen LogP contribution in [0.2, 0.25) is 0 Å². The van der Waals surface area contributed by atoms with Crippen LogP contribution < -0.4 is 20.3 Å². The molecule has 1 aliphatic rings. The average molecular weight is 458 g/mol. The van der Waals surface area contributed by atoms with Gasteiger partial charge in [-0.1, -0.05) is 34.1 Å². The van der Waals surface area contributed by atoms with Crippen LogP contribution in [0.25, 0.3) is 10.8 Å². The van der Waals surface area contributed by atoms with E-state index in [9.17, 15) is 9.59 Å². The Morgan fingerprint density at radius 2 is 1.86 bits per heavy atom. The maximum Gasteiger partial charge on any atom is 0.274 e. The third-order valence-corrected chi connectivity index (χ3v) is 5.54. The van der Waals surface area contributed by atoms with Crippen molar-refractivity contribution in [2.45, 2.75) is 26.4 Å². The Balaban J connectivity index is 1.68. The maximum absolute atomic E-state index is 13.1. The van der Waals surface area contributed by atoms with E-state index >= 15 is 0 Å². The summed E-state index contributed by atoms with van der Waals surface area (Å²) in [6.45, 7) is 5.08. The van der Waals surface area contributed by atoms with Crippen LogP contribution >= 0.6 is 15.9 Å². The lowest BCUT2D eigenvalue weighted by atomic mass is 10.1. The second-order valence-electron chi connectivity index (χ2n) is 6.73. The lowest BCUT2D eigenvalue weighted by molar-refractivity contribution is 0.0934. The first kappa shape index (κ1) is 19.4. The predicted molar refractivity (Wildman–Crippen MR) is 113 cm³/mol. The van der Waals surface area contributed by atoms with Crippen molar-refractivity contribution in [1.82, 2.24) is 15.1 Å². The lowest BCUT2D eigenvalue weighted by Crippen LogP contribution is -2.32. The van der Waals surface area contributed by atoms with E-state index in [4.69, 9.17) is 9.47 Å². The molecule has 1 aliphatic heterocycles. The molecule has 7 nitrogen and oxygen atoms in total. The number of nitrogens with one attached hydrogen (secondary N) is 1. The number of carbonyl (C=O) groups excluding carboxylic acids is 1. The van der Waals surface area contributed by atoms with Gasteiger partial charge in [-0.25, -0.2) is 4.68 Å². The van der Waals surface area contributed by atoms with Crippen molar-refractivity contribution < 1.29 is 14.3 Å². The summed E-state index contributed by atoms with van der Waals surface area (Å²) in [4.78, 5) is 25.6. The highest BCUT2D eigenvalue weighted by atomic mass is 79.9. The number of nitrogens with zero attached hydrogens (tertiary/aromatic N) is 2. The smallest absolute Gasteiger partial charge is 0.274 e. The molecule has 0 saturated heterocycles. The van der Waals surface area contributed by atoms with E-state index in [0.29, 0.717) is 42.0 Å². The minimum absolute atomic E-state index is 0.206. The number of benzene rings is 2. The van der Waals surface area contributed by atoms with Gasteiger partial charge in [0.25, 0.3) is 11.5 Å². The standard InChI is InChI=1S/C21H20BrN3O4/c1-3-25-21(27)14-7-5-4-6-13(14)19(24-25)20(26)23-12(2)15-10-17-18(11-16(15)22)29-9-8-28-17/h4-7,10-12H,3,8-9H2,1-2H3,(H,23,26). The molecule has 1 aromatic heterocycles. The van der Waals surface area contributed by atoms with Gasteiger partial charge in [0.1, 0.15) is 13.2 Å². The van der Waals surface area contributed by atoms with Crippen LogP contribution in [0.15, 0.2) is 45.7 Å². The molecule has 29 heavy (non-hydrogen) atoms. The van der Waals surface area contributed by atoms with Gasteiger partial charge in [0.15, 0.2) is 17.2 Å². The van der Waals surface area contributed by atoms with Gasteiger partial charge in [-0.2, -0.15) is 5.10 Å². The monoisotopic (exact) mass is 457 g/mol.